The number of amides is 1. The smallest absolute Gasteiger partial charge is 0.243 e. The number of nitrogens with zero attached hydrogens (tertiary/aromatic N) is 1. The van der Waals surface area contributed by atoms with Crippen LogP contribution >= 0.6 is 0 Å². The van der Waals surface area contributed by atoms with Crippen molar-refractivity contribution in [2.24, 2.45) is 0 Å². The minimum Gasteiger partial charge on any atom is -0.379 e. The van der Waals surface area contributed by atoms with Crippen LogP contribution in [0.3, 0.4) is 0 Å². The van der Waals surface area contributed by atoms with Gasteiger partial charge in [0.2, 0.25) is 15.9 Å². The van der Waals surface area contributed by atoms with Gasteiger partial charge in [-0.15, -0.1) is 0 Å². The fourth-order valence-electron chi connectivity index (χ4n) is 2.66. The van der Waals surface area contributed by atoms with Crippen LogP contribution in [0.2, 0.25) is 0 Å². The van der Waals surface area contributed by atoms with Crippen molar-refractivity contribution in [1.29, 1.82) is 0 Å². The zero-order chi connectivity index (χ0) is 20.1. The summed E-state index contributed by atoms with van der Waals surface area (Å²) >= 11 is 0. The van der Waals surface area contributed by atoms with Gasteiger partial charge in [-0.05, 0) is 42.5 Å². The van der Waals surface area contributed by atoms with E-state index in [9.17, 15) is 22.0 Å². The summed E-state index contributed by atoms with van der Waals surface area (Å²) in [4.78, 5) is 12.1. The van der Waals surface area contributed by atoms with Crippen molar-refractivity contribution in [2.75, 3.05) is 43.5 Å². The molecule has 0 unspecified atom stereocenters. The van der Waals surface area contributed by atoms with E-state index in [4.69, 9.17) is 4.74 Å². The molecule has 0 bridgehead atoms. The van der Waals surface area contributed by atoms with Gasteiger partial charge >= 0.3 is 0 Å². The van der Waals surface area contributed by atoms with Gasteiger partial charge < -0.3 is 15.4 Å². The molecule has 1 heterocycles. The second-order valence-corrected chi connectivity index (χ2v) is 8.00. The van der Waals surface area contributed by atoms with E-state index in [2.05, 4.69) is 10.6 Å². The summed E-state index contributed by atoms with van der Waals surface area (Å²) in [6, 6.07) is 8.63. The Balaban J connectivity index is 1.59. The molecule has 1 aliphatic rings. The predicted octanol–water partition coefficient (Wildman–Crippen LogP) is 2.04. The third-order valence-corrected chi connectivity index (χ3v) is 6.03. The lowest BCUT2D eigenvalue weighted by atomic mass is 10.3. The third kappa shape index (κ3) is 4.83. The Hall–Kier alpha value is -2.56. The number of ether oxygens (including phenoxy) is 1. The molecule has 1 amide bonds. The van der Waals surface area contributed by atoms with Crippen molar-refractivity contribution < 1.29 is 26.7 Å². The van der Waals surface area contributed by atoms with Crippen molar-refractivity contribution in [2.45, 2.75) is 4.90 Å². The van der Waals surface area contributed by atoms with Crippen molar-refractivity contribution in [3.05, 3.63) is 54.1 Å². The normalized spacial score (nSPS) is 15.2. The van der Waals surface area contributed by atoms with Crippen molar-refractivity contribution in [3.63, 3.8) is 0 Å². The number of hydrogen-bond donors (Lipinski definition) is 2. The number of morpholine rings is 1. The summed E-state index contributed by atoms with van der Waals surface area (Å²) in [6.07, 6.45) is 0. The van der Waals surface area contributed by atoms with Gasteiger partial charge in [-0.3, -0.25) is 4.79 Å². The Morgan fingerprint density at radius 2 is 1.75 bits per heavy atom. The SMILES string of the molecule is O=C(CNc1cc(F)ccc1F)Nc1ccc(S(=O)(=O)N2CCOCC2)cc1. The first-order valence-electron chi connectivity index (χ1n) is 8.53. The van der Waals surface area contributed by atoms with Crippen LogP contribution in [0.4, 0.5) is 20.2 Å². The summed E-state index contributed by atoms with van der Waals surface area (Å²) in [6.45, 7) is 1.01. The highest BCUT2D eigenvalue weighted by molar-refractivity contribution is 7.89. The lowest BCUT2D eigenvalue weighted by molar-refractivity contribution is -0.114. The average molecular weight is 411 g/mol. The van der Waals surface area contributed by atoms with Gasteiger partial charge in [-0.25, -0.2) is 17.2 Å². The van der Waals surface area contributed by atoms with Crippen LogP contribution in [0, 0.1) is 11.6 Å². The maximum absolute atomic E-state index is 13.5. The Labute approximate surface area is 161 Å². The van der Waals surface area contributed by atoms with Crippen LogP contribution in [0.1, 0.15) is 0 Å². The summed E-state index contributed by atoms with van der Waals surface area (Å²) in [5.41, 5.74) is 0.259. The molecule has 0 aromatic heterocycles. The number of nitrogens with one attached hydrogen (secondary N) is 2. The summed E-state index contributed by atoms with van der Waals surface area (Å²) in [5, 5.41) is 5.07. The highest BCUT2D eigenvalue weighted by Gasteiger charge is 2.26. The molecule has 0 saturated carbocycles. The molecule has 1 saturated heterocycles. The molecule has 0 atom stereocenters. The zero-order valence-electron chi connectivity index (χ0n) is 14.8. The zero-order valence-corrected chi connectivity index (χ0v) is 15.6. The highest BCUT2D eigenvalue weighted by Crippen LogP contribution is 2.19. The summed E-state index contributed by atoms with van der Waals surface area (Å²) in [5.74, 6) is -1.79. The van der Waals surface area contributed by atoms with Crippen molar-refractivity contribution >= 4 is 27.3 Å². The molecule has 2 N–H and O–H groups in total. The average Bonchev–Trinajstić information content (AvgIpc) is 2.70. The highest BCUT2D eigenvalue weighted by atomic mass is 32.2. The minimum absolute atomic E-state index is 0.118. The largest absolute Gasteiger partial charge is 0.379 e. The standard InChI is InChI=1S/C18H19F2N3O4S/c19-13-1-6-16(20)17(11-13)21-12-18(24)22-14-2-4-15(5-3-14)28(25,26)23-7-9-27-10-8-23/h1-6,11,21H,7-10,12H2,(H,22,24). The molecule has 7 nitrogen and oxygen atoms in total. The molecular weight excluding hydrogens is 392 g/mol. The van der Waals surface area contributed by atoms with Gasteiger partial charge in [0.15, 0.2) is 0 Å². The number of benzene rings is 2. The summed E-state index contributed by atoms with van der Waals surface area (Å²) in [7, 11) is -3.61. The van der Waals surface area contributed by atoms with Gasteiger partial charge in [0, 0.05) is 18.8 Å². The maximum atomic E-state index is 13.5. The topological polar surface area (TPSA) is 87.7 Å². The lowest BCUT2D eigenvalue weighted by Crippen LogP contribution is -2.40. The maximum Gasteiger partial charge on any atom is 0.243 e. The molecular formula is C18H19F2N3O4S. The molecule has 0 spiro atoms. The van der Waals surface area contributed by atoms with Crippen LogP contribution in [-0.4, -0.2) is 51.5 Å². The van der Waals surface area contributed by atoms with E-state index in [1.54, 1.807) is 0 Å². The van der Waals surface area contributed by atoms with Gasteiger partial charge in [-0.2, -0.15) is 4.31 Å². The van der Waals surface area contributed by atoms with Gasteiger partial charge in [0.1, 0.15) is 11.6 Å². The van der Waals surface area contributed by atoms with Gasteiger partial charge in [-0.1, -0.05) is 0 Å². The predicted molar refractivity (Wildman–Crippen MR) is 99.5 cm³/mol. The van der Waals surface area contributed by atoms with E-state index in [0.717, 1.165) is 18.2 Å². The van der Waals surface area contributed by atoms with Crippen molar-refractivity contribution in [1.82, 2.24) is 4.31 Å². The number of halogens is 2. The molecule has 150 valence electrons. The number of anilines is 2. The second-order valence-electron chi connectivity index (χ2n) is 6.07. The Bertz CT molecular complexity index is 946. The molecule has 2 aromatic rings. The quantitative estimate of drug-likeness (QED) is 0.760. The molecule has 10 heteroatoms. The number of carbonyl (C=O) groups is 1. The Morgan fingerprint density at radius 1 is 1.07 bits per heavy atom. The van der Waals surface area contributed by atoms with Gasteiger partial charge in [0.05, 0.1) is 30.3 Å². The van der Waals surface area contributed by atoms with Crippen LogP contribution in [0.15, 0.2) is 47.4 Å². The van der Waals surface area contributed by atoms with Crippen LogP contribution < -0.4 is 10.6 Å². The molecule has 1 aliphatic heterocycles. The van der Waals surface area contributed by atoms with E-state index in [-0.39, 0.29) is 17.1 Å². The second kappa shape index (κ2) is 8.63. The van der Waals surface area contributed by atoms with E-state index < -0.39 is 27.6 Å². The van der Waals surface area contributed by atoms with E-state index >= 15 is 0 Å². The summed E-state index contributed by atoms with van der Waals surface area (Å²) < 4.78 is 58.2. The first-order chi connectivity index (χ1) is 13.4. The van der Waals surface area contributed by atoms with Gasteiger partial charge in [0.25, 0.3) is 0 Å². The molecule has 2 aromatic carbocycles. The number of hydrogen-bond acceptors (Lipinski definition) is 5. The monoisotopic (exact) mass is 411 g/mol. The first kappa shape index (κ1) is 20.2. The molecule has 1 fully saturated rings. The number of sulfonamides is 1. The molecule has 3 rings (SSSR count). The number of rotatable bonds is 6. The molecule has 28 heavy (non-hydrogen) atoms. The van der Waals surface area contributed by atoms with E-state index in [0.29, 0.717) is 32.0 Å². The lowest BCUT2D eigenvalue weighted by Gasteiger charge is -2.26. The van der Waals surface area contributed by atoms with E-state index in [1.165, 1.54) is 28.6 Å². The fourth-order valence-corrected chi connectivity index (χ4v) is 4.07. The van der Waals surface area contributed by atoms with Crippen LogP contribution in [0.5, 0.6) is 0 Å². The number of carbonyl (C=O) groups excluding carboxylic acids is 1. The Morgan fingerprint density at radius 3 is 2.43 bits per heavy atom. The molecule has 0 radical (unpaired) electrons. The van der Waals surface area contributed by atoms with Crippen LogP contribution in [0.25, 0.3) is 0 Å². The molecule has 0 aliphatic carbocycles. The van der Waals surface area contributed by atoms with Crippen molar-refractivity contribution in [3.8, 4) is 0 Å². The van der Waals surface area contributed by atoms with E-state index in [1.807, 2.05) is 0 Å². The fraction of sp³-hybridized carbons (Fsp3) is 0.278. The third-order valence-electron chi connectivity index (χ3n) is 4.11. The Kier molecular flexibility index (Phi) is 6.22. The van der Waals surface area contributed by atoms with Crippen LogP contribution in [-0.2, 0) is 19.6 Å². The minimum atomic E-state index is -3.61. The first-order valence-corrected chi connectivity index (χ1v) is 9.97.